The first-order valence-corrected chi connectivity index (χ1v) is 7.68. The number of anilines is 2. The lowest BCUT2D eigenvalue weighted by Gasteiger charge is -2.09. The van der Waals surface area contributed by atoms with E-state index < -0.39 is 0 Å². The molecule has 7 nitrogen and oxygen atoms in total. The first-order valence-electron chi connectivity index (χ1n) is 7.68. The second-order valence-corrected chi connectivity index (χ2v) is 5.45. The third kappa shape index (κ3) is 4.29. The number of ketones is 1. The van der Waals surface area contributed by atoms with Gasteiger partial charge in [0.25, 0.3) is 0 Å². The summed E-state index contributed by atoms with van der Waals surface area (Å²) >= 11 is 0. The molecular formula is C18H17N5O2. The van der Waals surface area contributed by atoms with Crippen molar-refractivity contribution in [2.75, 3.05) is 11.1 Å². The summed E-state index contributed by atoms with van der Waals surface area (Å²) in [5.41, 5.74) is 8.47. The average Bonchev–Trinajstić information content (AvgIpc) is 2.62. The van der Waals surface area contributed by atoms with E-state index in [4.69, 9.17) is 5.73 Å². The smallest absolute Gasteiger partial charge is 0.185 e. The fourth-order valence-electron chi connectivity index (χ4n) is 2.31. The van der Waals surface area contributed by atoms with Crippen molar-refractivity contribution < 1.29 is 9.90 Å². The molecule has 0 aliphatic heterocycles. The minimum absolute atomic E-state index is 0.0310. The normalized spacial score (nSPS) is 10.4. The minimum Gasteiger partial charge on any atom is -0.506 e. The van der Waals surface area contributed by atoms with Crippen molar-refractivity contribution in [3.05, 3.63) is 71.9 Å². The number of hydrogen-bond acceptors (Lipinski definition) is 7. The molecule has 0 aliphatic carbocycles. The monoisotopic (exact) mass is 335 g/mol. The Balaban J connectivity index is 1.66. The van der Waals surface area contributed by atoms with Gasteiger partial charge in [0.1, 0.15) is 17.3 Å². The number of nitrogens with zero attached hydrogens (tertiary/aromatic N) is 3. The van der Waals surface area contributed by atoms with Gasteiger partial charge in [0.05, 0.1) is 24.1 Å². The highest BCUT2D eigenvalue weighted by molar-refractivity contribution is 5.95. The molecule has 0 fully saturated rings. The quantitative estimate of drug-likeness (QED) is 0.592. The zero-order valence-corrected chi connectivity index (χ0v) is 13.4. The molecule has 25 heavy (non-hydrogen) atoms. The van der Waals surface area contributed by atoms with Crippen LogP contribution in [0.3, 0.4) is 0 Å². The van der Waals surface area contributed by atoms with Crippen molar-refractivity contribution in [1.29, 1.82) is 0 Å². The highest BCUT2D eigenvalue weighted by Crippen LogP contribution is 2.15. The first-order chi connectivity index (χ1) is 12.1. The number of nitrogen functional groups attached to an aromatic ring is 1. The van der Waals surface area contributed by atoms with Gasteiger partial charge in [-0.2, -0.15) is 0 Å². The summed E-state index contributed by atoms with van der Waals surface area (Å²) < 4.78 is 0. The van der Waals surface area contributed by atoms with Crippen molar-refractivity contribution >= 4 is 17.3 Å². The Morgan fingerprint density at radius 2 is 2.00 bits per heavy atom. The molecule has 0 radical (unpaired) electrons. The largest absolute Gasteiger partial charge is 0.506 e. The van der Waals surface area contributed by atoms with Crippen molar-refractivity contribution in [3.8, 4) is 5.75 Å². The summed E-state index contributed by atoms with van der Waals surface area (Å²) in [6.07, 6.45) is 4.76. The van der Waals surface area contributed by atoms with Gasteiger partial charge in [0.2, 0.25) is 0 Å². The summed E-state index contributed by atoms with van der Waals surface area (Å²) in [6.45, 7) is 0.468. The van der Waals surface area contributed by atoms with E-state index in [1.165, 1.54) is 18.3 Å². The third-order valence-corrected chi connectivity index (χ3v) is 3.58. The molecular weight excluding hydrogens is 318 g/mol. The summed E-state index contributed by atoms with van der Waals surface area (Å²) in [5.74, 6) is 0.331. The molecule has 0 bridgehead atoms. The third-order valence-electron chi connectivity index (χ3n) is 3.58. The van der Waals surface area contributed by atoms with E-state index in [9.17, 15) is 9.90 Å². The van der Waals surface area contributed by atoms with Crippen LogP contribution in [0.1, 0.15) is 21.7 Å². The zero-order chi connectivity index (χ0) is 17.6. The van der Waals surface area contributed by atoms with Gasteiger partial charge in [-0.15, -0.1) is 0 Å². The van der Waals surface area contributed by atoms with Gasteiger partial charge in [-0.1, -0.05) is 0 Å². The number of Topliss-reactive ketones (excluding diaryl/α,β-unsaturated/α-hetero) is 1. The van der Waals surface area contributed by atoms with Crippen molar-refractivity contribution in [1.82, 2.24) is 15.0 Å². The predicted molar refractivity (Wildman–Crippen MR) is 94.1 cm³/mol. The maximum atomic E-state index is 12.3. The molecule has 3 rings (SSSR count). The molecule has 0 atom stereocenters. The van der Waals surface area contributed by atoms with Crippen LogP contribution < -0.4 is 11.1 Å². The molecule has 0 unspecified atom stereocenters. The van der Waals surface area contributed by atoms with Gasteiger partial charge in [0.15, 0.2) is 5.78 Å². The van der Waals surface area contributed by atoms with Crippen LogP contribution in [0, 0.1) is 0 Å². The summed E-state index contributed by atoms with van der Waals surface area (Å²) in [4.78, 5) is 24.5. The highest BCUT2D eigenvalue weighted by atomic mass is 16.3. The molecule has 0 aliphatic rings. The van der Waals surface area contributed by atoms with E-state index in [2.05, 4.69) is 20.3 Å². The number of carbonyl (C=O) groups is 1. The van der Waals surface area contributed by atoms with E-state index in [0.29, 0.717) is 18.1 Å². The number of rotatable bonds is 6. The second kappa shape index (κ2) is 7.39. The van der Waals surface area contributed by atoms with Gasteiger partial charge in [-0.25, -0.2) is 9.97 Å². The number of carbonyl (C=O) groups excluding carboxylic acids is 1. The Morgan fingerprint density at radius 3 is 2.76 bits per heavy atom. The molecule has 0 spiro atoms. The number of aromatic nitrogens is 3. The molecule has 0 amide bonds. The van der Waals surface area contributed by atoms with Crippen LogP contribution in [0.5, 0.6) is 5.75 Å². The number of aromatic hydroxyl groups is 1. The van der Waals surface area contributed by atoms with Crippen molar-refractivity contribution in [2.24, 2.45) is 0 Å². The Bertz CT molecular complexity index is 881. The van der Waals surface area contributed by atoms with E-state index in [-0.39, 0.29) is 18.0 Å². The van der Waals surface area contributed by atoms with Gasteiger partial charge in [-0.05, 0) is 42.0 Å². The molecule has 4 N–H and O–H groups in total. The standard InChI is InChI=1S/C18H17N5O2/c19-18-16(2-1-6-21-18)22-10-13-8-12(5-7-20-13)9-17(25)15-4-3-14(24)11-23-15/h1-8,11,22,24H,9-10H2,(H2,19,21). The van der Waals surface area contributed by atoms with Gasteiger partial charge in [-0.3, -0.25) is 9.78 Å². The predicted octanol–water partition coefficient (Wildman–Crippen LogP) is 2.20. The summed E-state index contributed by atoms with van der Waals surface area (Å²) in [7, 11) is 0. The van der Waals surface area contributed by atoms with Crippen molar-refractivity contribution in [3.63, 3.8) is 0 Å². The molecule has 0 aromatic carbocycles. The van der Waals surface area contributed by atoms with E-state index in [1.807, 2.05) is 12.1 Å². The number of nitrogens with two attached hydrogens (primary N) is 1. The van der Waals surface area contributed by atoms with Crippen LogP contribution in [0.25, 0.3) is 0 Å². The second-order valence-electron chi connectivity index (χ2n) is 5.45. The summed E-state index contributed by atoms with van der Waals surface area (Å²) in [6, 6.07) is 10.2. The molecule has 126 valence electrons. The van der Waals surface area contributed by atoms with Gasteiger partial charge >= 0.3 is 0 Å². The van der Waals surface area contributed by atoms with E-state index >= 15 is 0 Å². The summed E-state index contributed by atoms with van der Waals surface area (Å²) in [5, 5.41) is 12.4. The fraction of sp³-hybridized carbons (Fsp3) is 0.111. The topological polar surface area (TPSA) is 114 Å². The Hall–Kier alpha value is -3.48. The maximum Gasteiger partial charge on any atom is 0.185 e. The van der Waals surface area contributed by atoms with Crippen LogP contribution in [0.2, 0.25) is 0 Å². The molecule has 3 aromatic heterocycles. The van der Waals surface area contributed by atoms with Gasteiger partial charge < -0.3 is 16.2 Å². The van der Waals surface area contributed by atoms with Crippen LogP contribution in [-0.2, 0) is 13.0 Å². The van der Waals surface area contributed by atoms with Crippen LogP contribution in [0.4, 0.5) is 11.5 Å². The number of pyridine rings is 3. The Morgan fingerprint density at radius 1 is 1.12 bits per heavy atom. The minimum atomic E-state index is -0.124. The first kappa shape index (κ1) is 16.4. The molecule has 3 heterocycles. The van der Waals surface area contributed by atoms with E-state index in [0.717, 1.165) is 16.9 Å². The fourth-order valence-corrected chi connectivity index (χ4v) is 2.31. The van der Waals surface area contributed by atoms with Crippen LogP contribution >= 0.6 is 0 Å². The average molecular weight is 335 g/mol. The lowest BCUT2D eigenvalue weighted by Crippen LogP contribution is -2.08. The van der Waals surface area contributed by atoms with E-state index in [1.54, 1.807) is 24.5 Å². The number of nitrogens with one attached hydrogen (secondary N) is 1. The van der Waals surface area contributed by atoms with Crippen LogP contribution in [0.15, 0.2) is 55.0 Å². The van der Waals surface area contributed by atoms with Crippen LogP contribution in [-0.4, -0.2) is 25.8 Å². The zero-order valence-electron chi connectivity index (χ0n) is 13.4. The Labute approximate surface area is 144 Å². The molecule has 0 saturated heterocycles. The Kier molecular flexibility index (Phi) is 4.84. The molecule has 7 heteroatoms. The number of hydrogen-bond donors (Lipinski definition) is 3. The highest BCUT2D eigenvalue weighted by Gasteiger charge is 2.09. The maximum absolute atomic E-state index is 12.3. The lowest BCUT2D eigenvalue weighted by molar-refractivity contribution is 0.0988. The SMILES string of the molecule is Nc1ncccc1NCc1cc(CC(=O)c2ccc(O)cn2)ccn1. The molecule has 3 aromatic rings. The molecule has 0 saturated carbocycles. The van der Waals surface area contributed by atoms with Gasteiger partial charge in [0, 0.05) is 18.8 Å². The lowest BCUT2D eigenvalue weighted by atomic mass is 10.1. The van der Waals surface area contributed by atoms with Crippen molar-refractivity contribution in [2.45, 2.75) is 13.0 Å².